The summed E-state index contributed by atoms with van der Waals surface area (Å²) < 4.78 is 0. The average molecular weight is 330 g/mol. The number of carbonyl (C=O) groups excluding carboxylic acids is 1. The first-order chi connectivity index (χ1) is 9.86. The van der Waals surface area contributed by atoms with Crippen LogP contribution < -0.4 is 0 Å². The van der Waals surface area contributed by atoms with E-state index in [0.29, 0.717) is 28.6 Å². The molecule has 1 aliphatic rings. The van der Waals surface area contributed by atoms with Gasteiger partial charge in [0.05, 0.1) is 6.42 Å². The van der Waals surface area contributed by atoms with Crippen LogP contribution in [0, 0.1) is 0 Å². The third kappa shape index (κ3) is 3.16. The second-order valence-corrected chi connectivity index (χ2v) is 6.27. The first-order valence-corrected chi connectivity index (χ1v) is 7.58. The van der Waals surface area contributed by atoms with E-state index in [9.17, 15) is 14.7 Å². The minimum Gasteiger partial charge on any atom is -0.480 e. The first-order valence-electron chi connectivity index (χ1n) is 6.83. The number of likely N-dealkylation sites (tertiary alicyclic amines) is 1. The van der Waals surface area contributed by atoms with Crippen LogP contribution >= 0.6 is 23.2 Å². The van der Waals surface area contributed by atoms with Crippen LogP contribution in [0.25, 0.3) is 0 Å². The topological polar surface area (TPSA) is 57.6 Å². The largest absolute Gasteiger partial charge is 0.480 e. The summed E-state index contributed by atoms with van der Waals surface area (Å²) in [6.07, 6.45) is 2.09. The number of carboxylic acids is 1. The average Bonchev–Trinajstić information content (AvgIpc) is 2.43. The van der Waals surface area contributed by atoms with Gasteiger partial charge in [-0.15, -0.1) is 0 Å². The first kappa shape index (κ1) is 16.1. The smallest absolute Gasteiger partial charge is 0.329 e. The third-order valence-electron chi connectivity index (χ3n) is 4.04. The molecule has 0 spiro atoms. The standard InChI is InChI=1S/C15H17Cl2NO3/c1-15(14(20)21)7-2-3-8-18(15)13(19)9-10-11(16)5-4-6-12(10)17/h4-6H,2-3,7-9H2,1H3,(H,20,21). The van der Waals surface area contributed by atoms with Gasteiger partial charge in [-0.3, -0.25) is 4.79 Å². The maximum atomic E-state index is 12.5. The lowest BCUT2D eigenvalue weighted by Crippen LogP contribution is -2.57. The van der Waals surface area contributed by atoms with Crippen LogP contribution in [0.4, 0.5) is 0 Å². The molecule has 2 rings (SSSR count). The number of aliphatic carboxylic acids is 1. The molecule has 1 atom stereocenters. The van der Waals surface area contributed by atoms with Gasteiger partial charge < -0.3 is 10.0 Å². The molecule has 1 N–H and O–H groups in total. The van der Waals surface area contributed by atoms with E-state index < -0.39 is 11.5 Å². The van der Waals surface area contributed by atoms with Gasteiger partial charge >= 0.3 is 5.97 Å². The quantitative estimate of drug-likeness (QED) is 0.924. The molecular weight excluding hydrogens is 313 g/mol. The van der Waals surface area contributed by atoms with Crippen molar-refractivity contribution in [2.45, 2.75) is 38.1 Å². The maximum Gasteiger partial charge on any atom is 0.329 e. The Balaban J connectivity index is 2.24. The maximum absolute atomic E-state index is 12.5. The summed E-state index contributed by atoms with van der Waals surface area (Å²) in [6, 6.07) is 5.05. The summed E-state index contributed by atoms with van der Waals surface area (Å²) in [5.74, 6) is -1.23. The van der Waals surface area contributed by atoms with Gasteiger partial charge in [0.25, 0.3) is 0 Å². The molecule has 4 nitrogen and oxygen atoms in total. The fourth-order valence-electron chi connectivity index (χ4n) is 2.69. The third-order valence-corrected chi connectivity index (χ3v) is 4.75. The Morgan fingerprint density at radius 3 is 2.48 bits per heavy atom. The van der Waals surface area contributed by atoms with Crippen molar-refractivity contribution < 1.29 is 14.7 Å². The number of rotatable bonds is 3. The van der Waals surface area contributed by atoms with Gasteiger partial charge in [0.2, 0.25) is 5.91 Å². The highest BCUT2D eigenvalue weighted by Gasteiger charge is 2.43. The number of halogens is 2. The molecule has 1 aromatic carbocycles. The van der Waals surface area contributed by atoms with Crippen LogP contribution in [-0.4, -0.2) is 34.0 Å². The highest BCUT2D eigenvalue weighted by molar-refractivity contribution is 6.36. The van der Waals surface area contributed by atoms with Crippen molar-refractivity contribution in [1.29, 1.82) is 0 Å². The van der Waals surface area contributed by atoms with Crippen LogP contribution in [0.15, 0.2) is 18.2 Å². The molecule has 1 aliphatic heterocycles. The summed E-state index contributed by atoms with van der Waals surface area (Å²) in [5.41, 5.74) is -0.604. The highest BCUT2D eigenvalue weighted by atomic mass is 35.5. The van der Waals surface area contributed by atoms with E-state index in [4.69, 9.17) is 23.2 Å². The number of nitrogens with zero attached hydrogens (tertiary/aromatic N) is 1. The van der Waals surface area contributed by atoms with Crippen LogP contribution in [0.3, 0.4) is 0 Å². The molecule has 6 heteroatoms. The second-order valence-electron chi connectivity index (χ2n) is 5.46. The summed E-state index contributed by atoms with van der Waals surface area (Å²) in [6.45, 7) is 2.05. The fourth-order valence-corrected chi connectivity index (χ4v) is 3.22. The van der Waals surface area contributed by atoms with Crippen molar-refractivity contribution >= 4 is 35.1 Å². The second kappa shape index (κ2) is 6.24. The van der Waals surface area contributed by atoms with E-state index in [1.54, 1.807) is 25.1 Å². The zero-order chi connectivity index (χ0) is 15.6. The molecule has 0 aliphatic carbocycles. The Morgan fingerprint density at radius 2 is 1.90 bits per heavy atom. The van der Waals surface area contributed by atoms with Crippen LogP contribution in [0.5, 0.6) is 0 Å². The molecule has 21 heavy (non-hydrogen) atoms. The van der Waals surface area contributed by atoms with Gasteiger partial charge in [-0.1, -0.05) is 29.3 Å². The molecule has 1 amide bonds. The molecule has 1 heterocycles. The molecule has 0 radical (unpaired) electrons. The molecule has 0 aromatic heterocycles. The Hall–Kier alpha value is -1.26. The molecule has 0 saturated carbocycles. The van der Waals surface area contributed by atoms with Crippen molar-refractivity contribution in [3.05, 3.63) is 33.8 Å². The van der Waals surface area contributed by atoms with Gasteiger partial charge in [-0.2, -0.15) is 0 Å². The van der Waals surface area contributed by atoms with Gasteiger partial charge in [0.15, 0.2) is 0 Å². The van der Waals surface area contributed by atoms with Crippen molar-refractivity contribution in [3.63, 3.8) is 0 Å². The Kier molecular flexibility index (Phi) is 4.79. The molecule has 1 unspecified atom stereocenters. The lowest BCUT2D eigenvalue weighted by molar-refractivity contribution is -0.160. The SMILES string of the molecule is CC1(C(=O)O)CCCCN1C(=O)Cc1c(Cl)cccc1Cl. The predicted octanol–water partition coefficient (Wildman–Crippen LogP) is 3.39. The van der Waals surface area contributed by atoms with E-state index in [0.717, 1.165) is 12.8 Å². The lowest BCUT2D eigenvalue weighted by Gasteiger charge is -2.41. The minimum absolute atomic E-state index is 0.0153. The van der Waals surface area contributed by atoms with E-state index in [2.05, 4.69) is 0 Å². The van der Waals surface area contributed by atoms with E-state index in [1.807, 2.05) is 0 Å². The number of hydrogen-bond donors (Lipinski definition) is 1. The molecular formula is C15H17Cl2NO3. The van der Waals surface area contributed by atoms with E-state index >= 15 is 0 Å². The Labute approximate surface area is 133 Å². The molecule has 0 bridgehead atoms. The zero-order valence-electron chi connectivity index (χ0n) is 11.7. The molecule has 114 valence electrons. The summed E-state index contributed by atoms with van der Waals surface area (Å²) in [4.78, 5) is 25.5. The molecule has 1 saturated heterocycles. The summed E-state index contributed by atoms with van der Waals surface area (Å²) in [7, 11) is 0. The van der Waals surface area contributed by atoms with Crippen LogP contribution in [0.1, 0.15) is 31.7 Å². The Morgan fingerprint density at radius 1 is 1.29 bits per heavy atom. The normalized spacial score (nSPS) is 22.1. The number of carbonyl (C=O) groups is 2. The summed E-state index contributed by atoms with van der Waals surface area (Å²) >= 11 is 12.1. The van der Waals surface area contributed by atoms with E-state index in [-0.39, 0.29) is 12.3 Å². The molecule has 1 aromatic rings. The van der Waals surface area contributed by atoms with Gasteiger partial charge in [-0.05, 0) is 43.9 Å². The van der Waals surface area contributed by atoms with Gasteiger partial charge in [0, 0.05) is 16.6 Å². The van der Waals surface area contributed by atoms with Crippen molar-refractivity contribution in [3.8, 4) is 0 Å². The Bertz CT molecular complexity index is 556. The van der Waals surface area contributed by atoms with Gasteiger partial charge in [-0.25, -0.2) is 4.79 Å². The number of piperidine rings is 1. The fraction of sp³-hybridized carbons (Fsp3) is 0.467. The predicted molar refractivity (Wildman–Crippen MR) is 81.8 cm³/mol. The summed E-state index contributed by atoms with van der Waals surface area (Å²) in [5, 5.41) is 10.3. The number of carboxylic acid groups (broad SMARTS) is 1. The highest BCUT2D eigenvalue weighted by Crippen LogP contribution is 2.31. The van der Waals surface area contributed by atoms with Crippen LogP contribution in [-0.2, 0) is 16.0 Å². The lowest BCUT2D eigenvalue weighted by atomic mass is 9.88. The van der Waals surface area contributed by atoms with Gasteiger partial charge in [0.1, 0.15) is 5.54 Å². The number of amides is 1. The van der Waals surface area contributed by atoms with Crippen LogP contribution in [0.2, 0.25) is 10.0 Å². The monoisotopic (exact) mass is 329 g/mol. The van der Waals surface area contributed by atoms with Crippen molar-refractivity contribution in [1.82, 2.24) is 4.90 Å². The minimum atomic E-state index is -1.15. The zero-order valence-corrected chi connectivity index (χ0v) is 13.2. The number of hydrogen-bond acceptors (Lipinski definition) is 2. The van der Waals surface area contributed by atoms with Crippen molar-refractivity contribution in [2.24, 2.45) is 0 Å². The molecule has 1 fully saturated rings. The van der Waals surface area contributed by atoms with E-state index in [1.165, 1.54) is 4.90 Å². The van der Waals surface area contributed by atoms with Crippen molar-refractivity contribution in [2.75, 3.05) is 6.54 Å². The number of benzene rings is 1.